The minimum atomic E-state index is -0.442. The van der Waals surface area contributed by atoms with Crippen LogP contribution >= 0.6 is 0 Å². The summed E-state index contributed by atoms with van der Waals surface area (Å²) < 4.78 is 16.8. The Morgan fingerprint density at radius 1 is 0.971 bits per heavy atom. The molecule has 2 heterocycles. The zero-order chi connectivity index (χ0) is 23.8. The van der Waals surface area contributed by atoms with Crippen LogP contribution < -0.4 is 14.8 Å². The van der Waals surface area contributed by atoms with Crippen molar-refractivity contribution in [3.05, 3.63) is 90.6 Å². The van der Waals surface area contributed by atoms with E-state index in [1.165, 1.54) is 0 Å². The van der Waals surface area contributed by atoms with E-state index in [-0.39, 0.29) is 18.4 Å². The molecule has 0 fully saturated rings. The van der Waals surface area contributed by atoms with E-state index in [0.717, 1.165) is 16.9 Å². The van der Waals surface area contributed by atoms with Crippen LogP contribution in [0.5, 0.6) is 11.5 Å². The van der Waals surface area contributed by atoms with Crippen molar-refractivity contribution in [1.82, 2.24) is 20.4 Å². The molecule has 0 spiro atoms. The van der Waals surface area contributed by atoms with Gasteiger partial charge in [-0.15, -0.1) is 0 Å². The molecule has 34 heavy (non-hydrogen) atoms. The number of aromatic nitrogens is 3. The van der Waals surface area contributed by atoms with Gasteiger partial charge in [-0.05, 0) is 47.9 Å². The Bertz CT molecular complexity index is 1180. The van der Waals surface area contributed by atoms with Gasteiger partial charge in [-0.3, -0.25) is 9.78 Å². The number of amides is 1. The molecule has 0 radical (unpaired) electrons. The number of nitrogens with one attached hydrogen (secondary N) is 1. The third kappa shape index (κ3) is 6.19. The highest BCUT2D eigenvalue weighted by molar-refractivity contribution is 5.78. The third-order valence-corrected chi connectivity index (χ3v) is 5.05. The van der Waals surface area contributed by atoms with E-state index in [1.54, 1.807) is 30.6 Å². The van der Waals surface area contributed by atoms with Crippen molar-refractivity contribution in [2.24, 2.45) is 5.92 Å². The summed E-state index contributed by atoms with van der Waals surface area (Å²) in [6.07, 6.45) is 3.33. The van der Waals surface area contributed by atoms with E-state index < -0.39 is 6.04 Å². The molecule has 8 heteroatoms. The topological polar surface area (TPSA) is 99.4 Å². The van der Waals surface area contributed by atoms with E-state index in [2.05, 4.69) is 20.4 Å². The first-order valence-electron chi connectivity index (χ1n) is 11.0. The van der Waals surface area contributed by atoms with Crippen molar-refractivity contribution < 1.29 is 18.8 Å². The molecule has 0 aliphatic heterocycles. The molecule has 0 aliphatic rings. The van der Waals surface area contributed by atoms with E-state index in [0.29, 0.717) is 24.1 Å². The SMILES string of the molecule is CC(C)C(NC(=O)COc1ccc(OCc2ccccc2)cc1)c1nc(-c2cccnc2)no1. The fourth-order valence-electron chi connectivity index (χ4n) is 3.22. The summed E-state index contributed by atoms with van der Waals surface area (Å²) in [6, 6.07) is 20.3. The maximum atomic E-state index is 12.5. The lowest BCUT2D eigenvalue weighted by molar-refractivity contribution is -0.124. The van der Waals surface area contributed by atoms with Crippen LogP contribution in [0.3, 0.4) is 0 Å². The standard InChI is InChI=1S/C26H26N4O4/c1-18(2)24(26-29-25(30-34-26)20-9-6-14-27-15-20)28-23(31)17-33-22-12-10-21(11-13-22)32-16-19-7-4-3-5-8-19/h3-15,18,24H,16-17H2,1-2H3,(H,28,31). The predicted octanol–water partition coefficient (Wildman–Crippen LogP) is 4.60. The smallest absolute Gasteiger partial charge is 0.258 e. The minimum Gasteiger partial charge on any atom is -0.489 e. The molecule has 1 unspecified atom stereocenters. The summed E-state index contributed by atoms with van der Waals surface area (Å²) >= 11 is 0. The van der Waals surface area contributed by atoms with E-state index >= 15 is 0 Å². The summed E-state index contributed by atoms with van der Waals surface area (Å²) in [7, 11) is 0. The first-order valence-corrected chi connectivity index (χ1v) is 11.0. The second-order valence-electron chi connectivity index (χ2n) is 8.02. The first kappa shape index (κ1) is 23.0. The highest BCUT2D eigenvalue weighted by atomic mass is 16.5. The average molecular weight is 459 g/mol. The molecular weight excluding hydrogens is 432 g/mol. The van der Waals surface area contributed by atoms with Gasteiger partial charge in [-0.25, -0.2) is 0 Å². The lowest BCUT2D eigenvalue weighted by atomic mass is 10.0. The number of rotatable bonds is 10. The van der Waals surface area contributed by atoms with E-state index in [4.69, 9.17) is 14.0 Å². The lowest BCUT2D eigenvalue weighted by Crippen LogP contribution is -2.35. The van der Waals surface area contributed by atoms with Crippen molar-refractivity contribution in [2.75, 3.05) is 6.61 Å². The molecule has 0 saturated carbocycles. The predicted molar refractivity (Wildman–Crippen MR) is 126 cm³/mol. The summed E-state index contributed by atoms with van der Waals surface area (Å²) in [5.41, 5.74) is 1.83. The fourth-order valence-corrected chi connectivity index (χ4v) is 3.22. The quantitative estimate of drug-likeness (QED) is 0.371. The van der Waals surface area contributed by atoms with Gasteiger partial charge < -0.3 is 19.3 Å². The van der Waals surface area contributed by atoms with Crippen molar-refractivity contribution in [3.8, 4) is 22.9 Å². The Labute approximate surface area is 198 Å². The number of hydrogen-bond donors (Lipinski definition) is 1. The molecule has 2 aromatic heterocycles. The molecule has 174 valence electrons. The molecule has 4 aromatic rings. The number of carbonyl (C=O) groups excluding carboxylic acids is 1. The van der Waals surface area contributed by atoms with Crippen molar-refractivity contribution in [2.45, 2.75) is 26.5 Å². The van der Waals surface area contributed by atoms with Gasteiger partial charge in [-0.1, -0.05) is 49.3 Å². The fraction of sp³-hybridized carbons (Fsp3) is 0.231. The number of nitrogens with zero attached hydrogens (tertiary/aromatic N) is 3. The van der Waals surface area contributed by atoms with Gasteiger partial charge in [0.15, 0.2) is 6.61 Å². The van der Waals surface area contributed by atoms with E-state index in [9.17, 15) is 4.79 Å². The molecule has 4 rings (SSSR count). The van der Waals surface area contributed by atoms with Crippen molar-refractivity contribution in [1.29, 1.82) is 0 Å². The second kappa shape index (κ2) is 11.1. The number of carbonyl (C=O) groups is 1. The zero-order valence-corrected chi connectivity index (χ0v) is 19.0. The number of hydrogen-bond acceptors (Lipinski definition) is 7. The van der Waals surface area contributed by atoms with Gasteiger partial charge >= 0.3 is 0 Å². The van der Waals surface area contributed by atoms with Crippen LogP contribution in [0.2, 0.25) is 0 Å². The zero-order valence-electron chi connectivity index (χ0n) is 19.0. The van der Waals surface area contributed by atoms with Crippen LogP contribution in [0, 0.1) is 5.92 Å². The molecule has 0 aliphatic carbocycles. The molecule has 0 bridgehead atoms. The number of pyridine rings is 1. The minimum absolute atomic E-state index is 0.0344. The normalized spacial score (nSPS) is 11.7. The average Bonchev–Trinajstić information content (AvgIpc) is 3.36. The first-order chi connectivity index (χ1) is 16.6. The highest BCUT2D eigenvalue weighted by Gasteiger charge is 2.25. The summed E-state index contributed by atoms with van der Waals surface area (Å²) in [5.74, 6) is 1.80. The maximum Gasteiger partial charge on any atom is 0.258 e. The Kier molecular flexibility index (Phi) is 7.49. The maximum absolute atomic E-state index is 12.5. The summed E-state index contributed by atoms with van der Waals surface area (Å²) in [6.45, 7) is 4.27. The van der Waals surface area contributed by atoms with Gasteiger partial charge in [0.05, 0.1) is 0 Å². The Hall–Kier alpha value is -4.20. The molecule has 1 N–H and O–H groups in total. The van der Waals surface area contributed by atoms with Gasteiger partial charge in [0.25, 0.3) is 5.91 Å². The Morgan fingerprint density at radius 2 is 1.71 bits per heavy atom. The molecular formula is C26H26N4O4. The molecule has 1 atom stereocenters. The van der Waals surface area contributed by atoms with Gasteiger partial charge in [0, 0.05) is 18.0 Å². The van der Waals surface area contributed by atoms with E-state index in [1.807, 2.05) is 62.4 Å². The Morgan fingerprint density at radius 3 is 2.38 bits per heavy atom. The lowest BCUT2D eigenvalue weighted by Gasteiger charge is -2.18. The van der Waals surface area contributed by atoms with Crippen LogP contribution in [0.4, 0.5) is 0 Å². The van der Waals surface area contributed by atoms with Crippen LogP contribution in [0.1, 0.15) is 31.3 Å². The van der Waals surface area contributed by atoms with Crippen LogP contribution in [-0.4, -0.2) is 27.6 Å². The van der Waals surface area contributed by atoms with Gasteiger partial charge in [-0.2, -0.15) is 4.98 Å². The third-order valence-electron chi connectivity index (χ3n) is 5.05. The molecule has 1 amide bonds. The van der Waals surface area contributed by atoms with Crippen molar-refractivity contribution >= 4 is 5.91 Å². The van der Waals surface area contributed by atoms with Crippen molar-refractivity contribution in [3.63, 3.8) is 0 Å². The van der Waals surface area contributed by atoms with Crippen LogP contribution in [-0.2, 0) is 11.4 Å². The highest BCUT2D eigenvalue weighted by Crippen LogP contribution is 2.23. The van der Waals surface area contributed by atoms with Crippen LogP contribution in [0.15, 0.2) is 83.6 Å². The van der Waals surface area contributed by atoms with Gasteiger partial charge in [0.2, 0.25) is 11.7 Å². The Balaban J connectivity index is 1.29. The monoisotopic (exact) mass is 458 g/mol. The second-order valence-corrected chi connectivity index (χ2v) is 8.02. The molecule has 2 aromatic carbocycles. The summed E-state index contributed by atoms with van der Waals surface area (Å²) in [5, 5.41) is 6.93. The number of benzene rings is 2. The molecule has 8 nitrogen and oxygen atoms in total. The van der Waals surface area contributed by atoms with Gasteiger partial charge in [0.1, 0.15) is 24.1 Å². The number of ether oxygens (including phenoxy) is 2. The van der Waals surface area contributed by atoms with Crippen LogP contribution in [0.25, 0.3) is 11.4 Å². The molecule has 0 saturated heterocycles. The summed E-state index contributed by atoms with van der Waals surface area (Å²) in [4.78, 5) is 21.0. The largest absolute Gasteiger partial charge is 0.489 e.